The number of anilines is 2. The molecule has 2 aliphatic heterocycles. The number of piperidine rings is 1. The van der Waals surface area contributed by atoms with Gasteiger partial charge in [0, 0.05) is 36.6 Å². The van der Waals surface area contributed by atoms with E-state index in [4.69, 9.17) is 0 Å². The number of hydrogen-bond acceptors (Lipinski definition) is 5. The van der Waals surface area contributed by atoms with Gasteiger partial charge in [0.25, 0.3) is 0 Å². The lowest BCUT2D eigenvalue weighted by Crippen LogP contribution is -2.37. The molecule has 2 aromatic rings. The van der Waals surface area contributed by atoms with Crippen LogP contribution in [-0.4, -0.2) is 49.9 Å². The predicted molar refractivity (Wildman–Crippen MR) is 127 cm³/mol. The lowest BCUT2D eigenvalue weighted by molar-refractivity contribution is -0.117. The molecule has 7 nitrogen and oxygen atoms in total. The van der Waals surface area contributed by atoms with Crippen molar-refractivity contribution in [3.8, 4) is 0 Å². The van der Waals surface area contributed by atoms with Gasteiger partial charge in [-0.3, -0.25) is 9.59 Å². The Balaban J connectivity index is 1.45. The Hall–Kier alpha value is -2.36. The van der Waals surface area contributed by atoms with Crippen LogP contribution in [0.3, 0.4) is 0 Å². The molecular formula is C23H27N3O4S2. The van der Waals surface area contributed by atoms with Crippen molar-refractivity contribution in [1.29, 1.82) is 0 Å². The van der Waals surface area contributed by atoms with E-state index in [1.54, 1.807) is 17.0 Å². The SMILES string of the molecule is Cc1ccc(S(=O)(=O)N2CCCCC2)cc1NC(=O)CCN1C(=O)CSc2ccccc21. The smallest absolute Gasteiger partial charge is 0.243 e. The number of rotatable bonds is 6. The van der Waals surface area contributed by atoms with Crippen LogP contribution in [0.2, 0.25) is 0 Å². The number of hydrogen-bond donors (Lipinski definition) is 1. The summed E-state index contributed by atoms with van der Waals surface area (Å²) in [6, 6.07) is 12.5. The molecular weight excluding hydrogens is 446 g/mol. The van der Waals surface area contributed by atoms with Crippen LogP contribution in [0.25, 0.3) is 0 Å². The Morgan fingerprint density at radius 3 is 2.62 bits per heavy atom. The first-order chi connectivity index (χ1) is 15.4. The van der Waals surface area contributed by atoms with Gasteiger partial charge in [-0.15, -0.1) is 11.8 Å². The molecule has 1 saturated heterocycles. The zero-order chi connectivity index (χ0) is 22.7. The molecule has 170 valence electrons. The minimum atomic E-state index is -3.58. The van der Waals surface area contributed by atoms with Crippen molar-refractivity contribution in [2.24, 2.45) is 0 Å². The summed E-state index contributed by atoms with van der Waals surface area (Å²) < 4.78 is 27.5. The van der Waals surface area contributed by atoms with E-state index in [0.29, 0.717) is 24.5 Å². The highest BCUT2D eigenvalue weighted by Gasteiger charge is 2.27. The first-order valence-electron chi connectivity index (χ1n) is 10.8. The summed E-state index contributed by atoms with van der Waals surface area (Å²) in [4.78, 5) is 27.9. The molecule has 0 spiro atoms. The molecule has 2 aliphatic rings. The molecule has 2 amide bonds. The highest BCUT2D eigenvalue weighted by molar-refractivity contribution is 8.00. The molecule has 32 heavy (non-hydrogen) atoms. The van der Waals surface area contributed by atoms with E-state index in [1.165, 1.54) is 22.1 Å². The third kappa shape index (κ3) is 4.84. The van der Waals surface area contributed by atoms with Gasteiger partial charge in [0.05, 0.1) is 16.3 Å². The van der Waals surface area contributed by atoms with Crippen molar-refractivity contribution in [2.45, 2.75) is 42.4 Å². The lowest BCUT2D eigenvalue weighted by Gasteiger charge is -2.28. The molecule has 2 heterocycles. The van der Waals surface area contributed by atoms with Crippen molar-refractivity contribution in [2.75, 3.05) is 35.6 Å². The summed E-state index contributed by atoms with van der Waals surface area (Å²) in [5.41, 5.74) is 2.09. The van der Waals surface area contributed by atoms with Crippen molar-refractivity contribution in [3.05, 3.63) is 48.0 Å². The van der Waals surface area contributed by atoms with Gasteiger partial charge in [-0.2, -0.15) is 4.31 Å². The normalized spacial score (nSPS) is 17.2. The number of sulfonamides is 1. The number of benzene rings is 2. The average Bonchev–Trinajstić information content (AvgIpc) is 2.80. The molecule has 2 aromatic carbocycles. The zero-order valence-corrected chi connectivity index (χ0v) is 19.7. The maximum atomic E-state index is 13.0. The fourth-order valence-electron chi connectivity index (χ4n) is 3.98. The molecule has 0 saturated carbocycles. The summed E-state index contributed by atoms with van der Waals surface area (Å²) in [6.45, 7) is 3.16. The van der Waals surface area contributed by atoms with E-state index in [2.05, 4.69) is 5.32 Å². The van der Waals surface area contributed by atoms with Crippen molar-refractivity contribution in [3.63, 3.8) is 0 Å². The quantitative estimate of drug-likeness (QED) is 0.692. The summed E-state index contributed by atoms with van der Waals surface area (Å²) >= 11 is 1.50. The standard InChI is InChI=1S/C23H27N3O4S2/c1-17-9-10-18(32(29,30)25-12-5-2-6-13-25)15-19(17)24-22(27)11-14-26-20-7-3-4-8-21(20)31-16-23(26)28/h3-4,7-10,15H,2,5-6,11-14,16H2,1H3,(H,24,27). The van der Waals surface area contributed by atoms with E-state index in [-0.39, 0.29) is 29.7 Å². The number of amides is 2. The van der Waals surface area contributed by atoms with Crippen LogP contribution in [0.4, 0.5) is 11.4 Å². The van der Waals surface area contributed by atoms with Gasteiger partial charge in [0.15, 0.2) is 0 Å². The molecule has 1 N–H and O–H groups in total. The van der Waals surface area contributed by atoms with Gasteiger partial charge in [-0.05, 0) is 49.6 Å². The molecule has 1 fully saturated rings. The van der Waals surface area contributed by atoms with Crippen molar-refractivity contribution < 1.29 is 18.0 Å². The van der Waals surface area contributed by atoms with Crippen LogP contribution in [0.1, 0.15) is 31.2 Å². The monoisotopic (exact) mass is 473 g/mol. The lowest BCUT2D eigenvalue weighted by atomic mass is 10.2. The number of para-hydroxylation sites is 1. The van der Waals surface area contributed by atoms with Gasteiger partial charge in [0.2, 0.25) is 21.8 Å². The molecule has 0 unspecified atom stereocenters. The molecule has 0 aliphatic carbocycles. The maximum Gasteiger partial charge on any atom is 0.243 e. The minimum absolute atomic E-state index is 0.0210. The molecule has 4 rings (SSSR count). The van der Waals surface area contributed by atoms with Crippen LogP contribution in [0, 0.1) is 6.92 Å². The van der Waals surface area contributed by atoms with Crippen LogP contribution in [0.15, 0.2) is 52.3 Å². The Morgan fingerprint density at radius 2 is 1.84 bits per heavy atom. The predicted octanol–water partition coefficient (Wildman–Crippen LogP) is 3.64. The Bertz CT molecular complexity index is 1130. The number of thioether (sulfide) groups is 1. The average molecular weight is 474 g/mol. The van der Waals surface area contributed by atoms with Gasteiger partial charge in [-0.25, -0.2) is 8.42 Å². The number of carbonyl (C=O) groups excluding carboxylic acids is 2. The molecule has 9 heteroatoms. The van der Waals surface area contributed by atoms with Gasteiger partial charge in [0.1, 0.15) is 0 Å². The molecule has 0 bridgehead atoms. The zero-order valence-electron chi connectivity index (χ0n) is 18.0. The largest absolute Gasteiger partial charge is 0.326 e. The van der Waals surface area contributed by atoms with E-state index in [0.717, 1.165) is 35.4 Å². The molecule has 0 aromatic heterocycles. The summed E-state index contributed by atoms with van der Waals surface area (Å²) in [5, 5.41) is 2.84. The third-order valence-corrected chi connectivity index (χ3v) is 8.75. The Morgan fingerprint density at radius 1 is 1.09 bits per heavy atom. The second-order valence-corrected chi connectivity index (χ2v) is 11.0. The summed E-state index contributed by atoms with van der Waals surface area (Å²) in [6.07, 6.45) is 2.90. The van der Waals surface area contributed by atoms with Crippen LogP contribution in [0.5, 0.6) is 0 Å². The first kappa shape index (κ1) is 22.8. The first-order valence-corrected chi connectivity index (χ1v) is 13.2. The van der Waals surface area contributed by atoms with Crippen LogP contribution < -0.4 is 10.2 Å². The van der Waals surface area contributed by atoms with Crippen molar-refractivity contribution >= 4 is 45.0 Å². The molecule has 0 radical (unpaired) electrons. The fourth-order valence-corrected chi connectivity index (χ4v) is 6.46. The van der Waals surface area contributed by atoms with Crippen LogP contribution >= 0.6 is 11.8 Å². The fraction of sp³-hybridized carbons (Fsp3) is 0.391. The summed E-state index contributed by atoms with van der Waals surface area (Å²) in [5.74, 6) is 0.0742. The summed E-state index contributed by atoms with van der Waals surface area (Å²) in [7, 11) is -3.58. The second kappa shape index (κ2) is 9.64. The second-order valence-electron chi connectivity index (χ2n) is 8.04. The van der Waals surface area contributed by atoms with Gasteiger partial charge in [-0.1, -0.05) is 24.6 Å². The molecule has 0 atom stereocenters. The number of carbonyl (C=O) groups is 2. The number of aryl methyl sites for hydroxylation is 1. The topological polar surface area (TPSA) is 86.8 Å². The van der Waals surface area contributed by atoms with E-state index in [1.807, 2.05) is 31.2 Å². The van der Waals surface area contributed by atoms with Gasteiger partial charge >= 0.3 is 0 Å². The number of nitrogens with zero attached hydrogens (tertiary/aromatic N) is 2. The highest BCUT2D eigenvalue weighted by Crippen LogP contribution is 2.35. The van der Waals surface area contributed by atoms with E-state index >= 15 is 0 Å². The highest BCUT2D eigenvalue weighted by atomic mass is 32.2. The minimum Gasteiger partial charge on any atom is -0.326 e. The maximum absolute atomic E-state index is 13.0. The number of nitrogens with one attached hydrogen (secondary N) is 1. The van der Waals surface area contributed by atoms with Gasteiger partial charge < -0.3 is 10.2 Å². The van der Waals surface area contributed by atoms with E-state index < -0.39 is 10.0 Å². The van der Waals surface area contributed by atoms with E-state index in [9.17, 15) is 18.0 Å². The van der Waals surface area contributed by atoms with Crippen molar-refractivity contribution in [1.82, 2.24) is 4.31 Å². The Labute approximate surface area is 193 Å². The third-order valence-electron chi connectivity index (χ3n) is 5.81. The number of fused-ring (bicyclic) bond motifs is 1. The van der Waals surface area contributed by atoms with Crippen LogP contribution in [-0.2, 0) is 19.6 Å². The Kier molecular flexibility index (Phi) is 6.88.